The number of hydrogen-bond acceptors (Lipinski definition) is 8. The van der Waals surface area contributed by atoms with Gasteiger partial charge >= 0.3 is 5.97 Å². The highest BCUT2D eigenvalue weighted by molar-refractivity contribution is 6.13. The van der Waals surface area contributed by atoms with E-state index in [0.29, 0.717) is 53.1 Å². The summed E-state index contributed by atoms with van der Waals surface area (Å²) < 4.78 is 32.5. The molecule has 0 amide bonds. The van der Waals surface area contributed by atoms with E-state index in [2.05, 4.69) is 4.99 Å². The second-order valence-corrected chi connectivity index (χ2v) is 6.15. The van der Waals surface area contributed by atoms with E-state index in [4.69, 9.17) is 28.4 Å². The Labute approximate surface area is 159 Å². The van der Waals surface area contributed by atoms with Crippen LogP contribution in [-0.2, 0) is 9.53 Å². The minimum Gasteiger partial charge on any atom is -0.493 e. The predicted molar refractivity (Wildman–Crippen MR) is 97.2 cm³/mol. The van der Waals surface area contributed by atoms with Crippen LogP contribution in [0.2, 0.25) is 0 Å². The maximum absolute atomic E-state index is 12.3. The topological polar surface area (TPSA) is 84.8 Å². The molecule has 0 unspecified atom stereocenters. The van der Waals surface area contributed by atoms with Gasteiger partial charge < -0.3 is 28.4 Å². The third kappa shape index (κ3) is 2.79. The van der Waals surface area contributed by atoms with Crippen LogP contribution < -0.4 is 23.7 Å². The molecule has 28 heavy (non-hydrogen) atoms. The third-order valence-corrected chi connectivity index (χ3v) is 4.39. The van der Waals surface area contributed by atoms with E-state index in [9.17, 15) is 4.79 Å². The van der Waals surface area contributed by atoms with Crippen LogP contribution in [0.3, 0.4) is 0 Å². The number of hydrogen-bond donors (Lipinski definition) is 0. The standard InChI is InChI=1S/C20H15NO7/c1-23-16-7-11(8-17-18(16)25-5-4-24-17)6-13-20(22)28-19(21-13)12-2-3-14-15(9-12)27-10-26-14/h2-3,6-9H,4-5,10H2,1H3/b13-6-. The molecule has 3 heterocycles. The zero-order valence-corrected chi connectivity index (χ0v) is 14.9. The van der Waals surface area contributed by atoms with Crippen molar-refractivity contribution in [1.29, 1.82) is 0 Å². The van der Waals surface area contributed by atoms with Gasteiger partial charge in [0, 0.05) is 5.56 Å². The number of fused-ring (bicyclic) bond motifs is 2. The number of rotatable bonds is 3. The lowest BCUT2D eigenvalue weighted by Crippen LogP contribution is -2.16. The molecule has 3 aliphatic heterocycles. The van der Waals surface area contributed by atoms with Gasteiger partial charge in [0.25, 0.3) is 0 Å². The lowest BCUT2D eigenvalue weighted by Gasteiger charge is -2.20. The average molecular weight is 381 g/mol. The van der Waals surface area contributed by atoms with Crippen LogP contribution in [0.25, 0.3) is 6.08 Å². The van der Waals surface area contributed by atoms with Crippen molar-refractivity contribution in [1.82, 2.24) is 0 Å². The maximum Gasteiger partial charge on any atom is 0.363 e. The number of carbonyl (C=O) groups excluding carboxylic acids is 1. The van der Waals surface area contributed by atoms with Crippen molar-refractivity contribution in [2.24, 2.45) is 4.99 Å². The second-order valence-electron chi connectivity index (χ2n) is 6.15. The predicted octanol–water partition coefficient (Wildman–Crippen LogP) is 2.54. The van der Waals surface area contributed by atoms with Gasteiger partial charge in [-0.15, -0.1) is 0 Å². The zero-order chi connectivity index (χ0) is 19.1. The van der Waals surface area contributed by atoms with Gasteiger partial charge in [-0.25, -0.2) is 9.79 Å². The molecule has 142 valence electrons. The SMILES string of the molecule is COc1cc(/C=C2\N=C(c3ccc4c(c3)OCO4)OC2=O)cc2c1OCCO2. The van der Waals surface area contributed by atoms with Crippen LogP contribution in [0, 0.1) is 0 Å². The molecule has 0 N–H and O–H groups in total. The molecular formula is C20H15NO7. The molecule has 0 saturated carbocycles. The van der Waals surface area contributed by atoms with E-state index >= 15 is 0 Å². The number of nitrogens with zero attached hydrogens (tertiary/aromatic N) is 1. The Kier molecular flexibility index (Phi) is 3.82. The van der Waals surface area contributed by atoms with E-state index in [1.165, 1.54) is 0 Å². The summed E-state index contributed by atoms with van der Waals surface area (Å²) in [7, 11) is 1.55. The van der Waals surface area contributed by atoms with Crippen LogP contribution >= 0.6 is 0 Å². The van der Waals surface area contributed by atoms with Gasteiger partial charge in [0.2, 0.25) is 18.4 Å². The summed E-state index contributed by atoms with van der Waals surface area (Å²) >= 11 is 0. The fraction of sp³-hybridized carbons (Fsp3) is 0.200. The van der Waals surface area contributed by atoms with Gasteiger partial charge in [-0.05, 0) is 42.0 Å². The van der Waals surface area contributed by atoms with Gasteiger partial charge in [0.15, 0.2) is 28.7 Å². The molecule has 5 rings (SSSR count). The molecule has 0 radical (unpaired) electrons. The molecule has 0 fully saturated rings. The summed E-state index contributed by atoms with van der Waals surface area (Å²) in [6.07, 6.45) is 1.61. The summed E-state index contributed by atoms with van der Waals surface area (Å²) in [5.41, 5.74) is 1.48. The van der Waals surface area contributed by atoms with Crippen molar-refractivity contribution < 1.29 is 33.2 Å². The van der Waals surface area contributed by atoms with E-state index in [-0.39, 0.29) is 18.4 Å². The lowest BCUT2D eigenvalue weighted by atomic mass is 10.1. The fourth-order valence-electron chi connectivity index (χ4n) is 3.10. The van der Waals surface area contributed by atoms with E-state index < -0.39 is 5.97 Å². The molecule has 3 aliphatic rings. The first kappa shape index (κ1) is 16.5. The normalized spacial score (nSPS) is 18.1. The van der Waals surface area contributed by atoms with Gasteiger partial charge in [-0.1, -0.05) is 0 Å². The number of ether oxygens (including phenoxy) is 6. The Morgan fingerprint density at radius 1 is 1.00 bits per heavy atom. The van der Waals surface area contributed by atoms with Crippen molar-refractivity contribution in [2.75, 3.05) is 27.1 Å². The second kappa shape index (κ2) is 6.49. The number of benzene rings is 2. The minimum absolute atomic E-state index is 0.169. The van der Waals surface area contributed by atoms with Crippen molar-refractivity contribution in [3.05, 3.63) is 47.2 Å². The monoisotopic (exact) mass is 381 g/mol. The molecule has 8 nitrogen and oxygen atoms in total. The number of carbonyl (C=O) groups is 1. The fourth-order valence-corrected chi connectivity index (χ4v) is 3.10. The number of methoxy groups -OCH3 is 1. The van der Waals surface area contributed by atoms with Crippen LogP contribution in [0.1, 0.15) is 11.1 Å². The lowest BCUT2D eigenvalue weighted by molar-refractivity contribution is -0.129. The quantitative estimate of drug-likeness (QED) is 0.597. The molecule has 0 bridgehead atoms. The molecule has 8 heteroatoms. The van der Waals surface area contributed by atoms with Gasteiger partial charge in [-0.3, -0.25) is 0 Å². The highest BCUT2D eigenvalue weighted by Crippen LogP contribution is 2.41. The van der Waals surface area contributed by atoms with Crippen LogP contribution in [0.5, 0.6) is 28.7 Å². The van der Waals surface area contributed by atoms with Crippen molar-refractivity contribution in [2.45, 2.75) is 0 Å². The molecule has 0 atom stereocenters. The number of aliphatic imine (C=N–C) groups is 1. The smallest absolute Gasteiger partial charge is 0.363 e. The molecule has 2 aromatic rings. The van der Waals surface area contributed by atoms with Crippen LogP contribution in [0.15, 0.2) is 41.0 Å². The molecule has 0 spiro atoms. The van der Waals surface area contributed by atoms with Crippen molar-refractivity contribution >= 4 is 17.9 Å². The molecule has 2 aromatic carbocycles. The summed E-state index contributed by atoms with van der Waals surface area (Å²) in [4.78, 5) is 16.6. The summed E-state index contributed by atoms with van der Waals surface area (Å²) in [6.45, 7) is 1.08. The first-order valence-corrected chi connectivity index (χ1v) is 8.61. The largest absolute Gasteiger partial charge is 0.493 e. The summed E-state index contributed by atoms with van der Waals surface area (Å²) in [5.74, 6) is 2.53. The number of cyclic esters (lactones) is 1. The summed E-state index contributed by atoms with van der Waals surface area (Å²) in [5, 5.41) is 0. The molecular weight excluding hydrogens is 366 g/mol. The average Bonchev–Trinajstić information content (AvgIpc) is 3.33. The first-order chi connectivity index (χ1) is 13.7. The number of esters is 1. The molecule has 0 aromatic heterocycles. The molecule has 0 aliphatic carbocycles. The highest BCUT2D eigenvalue weighted by Gasteiger charge is 2.26. The van der Waals surface area contributed by atoms with Crippen molar-refractivity contribution in [3.8, 4) is 28.7 Å². The summed E-state index contributed by atoms with van der Waals surface area (Å²) in [6, 6.07) is 8.76. The Morgan fingerprint density at radius 3 is 2.75 bits per heavy atom. The van der Waals surface area contributed by atoms with E-state index in [1.54, 1.807) is 43.5 Å². The van der Waals surface area contributed by atoms with Gasteiger partial charge in [-0.2, -0.15) is 0 Å². The van der Waals surface area contributed by atoms with Gasteiger partial charge in [0.1, 0.15) is 13.2 Å². The van der Waals surface area contributed by atoms with E-state index in [1.807, 2.05) is 0 Å². The van der Waals surface area contributed by atoms with E-state index in [0.717, 1.165) is 0 Å². The van der Waals surface area contributed by atoms with Gasteiger partial charge in [0.05, 0.1) is 7.11 Å². The van der Waals surface area contributed by atoms with Crippen LogP contribution in [0.4, 0.5) is 0 Å². The third-order valence-electron chi connectivity index (χ3n) is 4.39. The maximum atomic E-state index is 12.3. The highest BCUT2D eigenvalue weighted by atomic mass is 16.7. The minimum atomic E-state index is -0.540. The Hall–Kier alpha value is -3.68. The Bertz CT molecular complexity index is 1020. The zero-order valence-electron chi connectivity index (χ0n) is 14.9. The Morgan fingerprint density at radius 2 is 1.86 bits per heavy atom. The van der Waals surface area contributed by atoms with Crippen molar-refractivity contribution in [3.63, 3.8) is 0 Å². The van der Waals surface area contributed by atoms with Crippen LogP contribution in [-0.4, -0.2) is 39.0 Å². The Balaban J connectivity index is 1.49. The first-order valence-electron chi connectivity index (χ1n) is 8.61. The molecule has 0 saturated heterocycles.